The van der Waals surface area contributed by atoms with E-state index < -0.39 is 11.7 Å². The molecular weight excluding hydrogens is 253 g/mol. The molecule has 0 spiro atoms. The Kier molecular flexibility index (Phi) is 4.16. The van der Waals surface area contributed by atoms with Crippen molar-refractivity contribution in [2.24, 2.45) is 5.73 Å². The second-order valence-electron chi connectivity index (χ2n) is 5.17. The molecule has 1 saturated heterocycles. The molecule has 0 amide bonds. The van der Waals surface area contributed by atoms with Crippen LogP contribution in [0.5, 0.6) is 0 Å². The molecule has 0 saturated carbocycles. The number of nitrogens with zero attached hydrogens (tertiary/aromatic N) is 1. The highest BCUT2D eigenvalue weighted by molar-refractivity contribution is 5.33. The Morgan fingerprint density at radius 2 is 1.89 bits per heavy atom. The smallest absolute Gasteiger partial charge is 0.326 e. The number of hydrogen-bond acceptors (Lipinski definition) is 2. The molecule has 1 aliphatic heterocycles. The van der Waals surface area contributed by atoms with Crippen molar-refractivity contribution in [3.8, 4) is 0 Å². The van der Waals surface area contributed by atoms with Gasteiger partial charge in [0.25, 0.3) is 0 Å². The van der Waals surface area contributed by atoms with Crippen LogP contribution in [0.3, 0.4) is 0 Å². The minimum atomic E-state index is -4.33. The Morgan fingerprint density at radius 3 is 2.58 bits per heavy atom. The maximum Gasteiger partial charge on any atom is 0.416 e. The molecule has 2 atom stereocenters. The average molecular weight is 272 g/mol. The maximum atomic E-state index is 13.1. The Hall–Kier alpha value is -1.07. The molecule has 0 radical (unpaired) electrons. The first kappa shape index (κ1) is 14.3. The van der Waals surface area contributed by atoms with E-state index in [-0.39, 0.29) is 12.1 Å². The topological polar surface area (TPSA) is 29.3 Å². The van der Waals surface area contributed by atoms with E-state index in [0.29, 0.717) is 5.56 Å². The van der Waals surface area contributed by atoms with Gasteiger partial charge < -0.3 is 5.73 Å². The molecule has 0 aromatic heterocycles. The summed E-state index contributed by atoms with van der Waals surface area (Å²) in [5.41, 5.74) is 5.84. The third kappa shape index (κ3) is 3.09. The quantitative estimate of drug-likeness (QED) is 0.850. The van der Waals surface area contributed by atoms with Crippen LogP contribution in [0.4, 0.5) is 13.2 Å². The summed E-state index contributed by atoms with van der Waals surface area (Å²) in [6.45, 7) is 0.782. The second-order valence-corrected chi connectivity index (χ2v) is 5.17. The van der Waals surface area contributed by atoms with Gasteiger partial charge in [-0.25, -0.2) is 0 Å². The number of likely N-dealkylation sites (N-methyl/N-ethyl adjacent to an activating group) is 1. The monoisotopic (exact) mass is 272 g/mol. The minimum Gasteiger partial charge on any atom is -0.326 e. The molecule has 1 aromatic rings. The standard InChI is InChI=1S/C14H19F3N2/c1-19-9-5-4-8-12(18)13(19)10-6-2-3-7-11(10)14(15,16)17/h2-3,6-7,12-13H,4-5,8-9,18H2,1H3. The first-order valence-corrected chi connectivity index (χ1v) is 6.53. The third-order valence-corrected chi connectivity index (χ3v) is 3.76. The molecule has 5 heteroatoms. The Balaban J connectivity index is 2.44. The first-order valence-electron chi connectivity index (χ1n) is 6.53. The van der Waals surface area contributed by atoms with Crippen LogP contribution in [-0.4, -0.2) is 24.5 Å². The molecule has 1 fully saturated rings. The highest BCUT2D eigenvalue weighted by Gasteiger charge is 2.37. The van der Waals surface area contributed by atoms with E-state index in [1.165, 1.54) is 6.07 Å². The predicted octanol–water partition coefficient (Wildman–Crippen LogP) is 3.19. The van der Waals surface area contributed by atoms with Crippen LogP contribution in [0.15, 0.2) is 24.3 Å². The lowest BCUT2D eigenvalue weighted by Crippen LogP contribution is -2.38. The minimum absolute atomic E-state index is 0.254. The van der Waals surface area contributed by atoms with Gasteiger partial charge in [-0.2, -0.15) is 13.2 Å². The van der Waals surface area contributed by atoms with Crippen LogP contribution in [-0.2, 0) is 6.18 Å². The highest BCUT2D eigenvalue weighted by Crippen LogP contribution is 2.38. The molecular formula is C14H19F3N2. The summed E-state index contributed by atoms with van der Waals surface area (Å²) >= 11 is 0. The molecule has 106 valence electrons. The molecule has 1 aromatic carbocycles. The Bertz CT molecular complexity index is 419. The van der Waals surface area contributed by atoms with Gasteiger partial charge >= 0.3 is 6.18 Å². The number of halogens is 3. The van der Waals surface area contributed by atoms with Crippen molar-refractivity contribution < 1.29 is 13.2 Å². The van der Waals surface area contributed by atoms with E-state index in [4.69, 9.17) is 5.73 Å². The number of hydrogen-bond donors (Lipinski definition) is 1. The number of rotatable bonds is 1. The summed E-state index contributed by atoms with van der Waals surface area (Å²) < 4.78 is 39.3. The van der Waals surface area contributed by atoms with Gasteiger partial charge in [-0.05, 0) is 38.1 Å². The van der Waals surface area contributed by atoms with Gasteiger partial charge in [0.2, 0.25) is 0 Å². The number of alkyl halides is 3. The summed E-state index contributed by atoms with van der Waals surface area (Å²) in [7, 11) is 1.85. The van der Waals surface area contributed by atoms with E-state index in [1.54, 1.807) is 12.1 Å². The average Bonchev–Trinajstić information content (AvgIpc) is 2.50. The van der Waals surface area contributed by atoms with E-state index in [0.717, 1.165) is 31.9 Å². The first-order chi connectivity index (χ1) is 8.91. The lowest BCUT2D eigenvalue weighted by atomic mass is 9.92. The normalized spacial score (nSPS) is 26.2. The molecule has 2 nitrogen and oxygen atoms in total. The third-order valence-electron chi connectivity index (χ3n) is 3.76. The van der Waals surface area contributed by atoms with E-state index in [9.17, 15) is 13.2 Å². The predicted molar refractivity (Wildman–Crippen MR) is 68.6 cm³/mol. The van der Waals surface area contributed by atoms with Crippen molar-refractivity contribution in [1.29, 1.82) is 0 Å². The second kappa shape index (κ2) is 5.51. The molecule has 2 rings (SSSR count). The van der Waals surface area contributed by atoms with Crippen molar-refractivity contribution in [3.05, 3.63) is 35.4 Å². The van der Waals surface area contributed by atoms with E-state index in [2.05, 4.69) is 0 Å². The number of likely N-dealkylation sites (tertiary alicyclic amines) is 1. The van der Waals surface area contributed by atoms with Gasteiger partial charge in [0, 0.05) is 6.04 Å². The maximum absolute atomic E-state index is 13.1. The van der Waals surface area contributed by atoms with Crippen molar-refractivity contribution in [2.75, 3.05) is 13.6 Å². The molecule has 1 aliphatic rings. The van der Waals surface area contributed by atoms with Gasteiger partial charge in [-0.15, -0.1) is 0 Å². The zero-order valence-corrected chi connectivity index (χ0v) is 11.0. The molecule has 0 aliphatic carbocycles. The summed E-state index contributed by atoms with van der Waals surface area (Å²) in [4.78, 5) is 1.95. The largest absolute Gasteiger partial charge is 0.416 e. The number of benzene rings is 1. The highest BCUT2D eigenvalue weighted by atomic mass is 19.4. The summed E-state index contributed by atoms with van der Waals surface area (Å²) in [6.07, 6.45) is -1.62. The van der Waals surface area contributed by atoms with Crippen LogP contribution in [0.2, 0.25) is 0 Å². The van der Waals surface area contributed by atoms with Gasteiger partial charge in [-0.3, -0.25) is 4.90 Å². The molecule has 1 heterocycles. The SMILES string of the molecule is CN1CCCCC(N)C1c1ccccc1C(F)(F)F. The molecule has 2 N–H and O–H groups in total. The van der Waals surface area contributed by atoms with Crippen LogP contribution in [0.25, 0.3) is 0 Å². The van der Waals surface area contributed by atoms with Crippen molar-refractivity contribution in [1.82, 2.24) is 4.90 Å². The lowest BCUT2D eigenvalue weighted by Gasteiger charge is -2.32. The van der Waals surface area contributed by atoms with Crippen molar-refractivity contribution >= 4 is 0 Å². The summed E-state index contributed by atoms with van der Waals surface area (Å²) in [5.74, 6) is 0. The van der Waals surface area contributed by atoms with Gasteiger partial charge in [-0.1, -0.05) is 24.6 Å². The van der Waals surface area contributed by atoms with Crippen LogP contribution in [0, 0.1) is 0 Å². The van der Waals surface area contributed by atoms with Crippen molar-refractivity contribution in [3.63, 3.8) is 0 Å². The summed E-state index contributed by atoms with van der Waals surface area (Å²) in [5, 5.41) is 0. The van der Waals surface area contributed by atoms with Gasteiger partial charge in [0.1, 0.15) is 0 Å². The van der Waals surface area contributed by atoms with E-state index in [1.807, 2.05) is 11.9 Å². The van der Waals surface area contributed by atoms with Gasteiger partial charge in [0.15, 0.2) is 0 Å². The summed E-state index contributed by atoms with van der Waals surface area (Å²) in [6, 6.07) is 5.15. The Labute approximate surface area is 111 Å². The molecule has 2 unspecified atom stereocenters. The van der Waals surface area contributed by atoms with E-state index >= 15 is 0 Å². The Morgan fingerprint density at radius 1 is 1.21 bits per heavy atom. The van der Waals surface area contributed by atoms with Gasteiger partial charge in [0.05, 0.1) is 11.6 Å². The lowest BCUT2D eigenvalue weighted by molar-refractivity contribution is -0.138. The molecule has 19 heavy (non-hydrogen) atoms. The van der Waals surface area contributed by atoms with Crippen LogP contribution >= 0.6 is 0 Å². The number of nitrogens with two attached hydrogens (primary N) is 1. The fraction of sp³-hybridized carbons (Fsp3) is 0.571. The fourth-order valence-corrected chi connectivity index (χ4v) is 2.85. The zero-order valence-electron chi connectivity index (χ0n) is 11.0. The van der Waals surface area contributed by atoms with Crippen LogP contribution in [0.1, 0.15) is 36.4 Å². The fourth-order valence-electron chi connectivity index (χ4n) is 2.85. The van der Waals surface area contributed by atoms with Crippen LogP contribution < -0.4 is 5.73 Å². The van der Waals surface area contributed by atoms with Crippen molar-refractivity contribution in [2.45, 2.75) is 37.5 Å². The zero-order chi connectivity index (χ0) is 14.0. The molecule has 0 bridgehead atoms.